The van der Waals surface area contributed by atoms with Crippen LogP contribution < -0.4 is 0 Å². The van der Waals surface area contributed by atoms with E-state index in [2.05, 4.69) is 4.90 Å². The summed E-state index contributed by atoms with van der Waals surface area (Å²) in [5, 5.41) is 0. The molecule has 2 fully saturated rings. The first kappa shape index (κ1) is 14.9. The molecule has 0 aromatic heterocycles. The van der Waals surface area contributed by atoms with Crippen molar-refractivity contribution in [2.24, 2.45) is 11.8 Å². The molecule has 2 saturated heterocycles. The van der Waals surface area contributed by atoms with Crippen LogP contribution in [0.4, 0.5) is 4.39 Å². The highest BCUT2D eigenvalue weighted by Crippen LogP contribution is 2.33. The van der Waals surface area contributed by atoms with Gasteiger partial charge in [0.1, 0.15) is 5.82 Å². The Bertz CT molecular complexity index is 606. The monoisotopic (exact) mass is 312 g/mol. The smallest absolute Gasteiger partial charge is 0.213 e. The van der Waals surface area contributed by atoms with Gasteiger partial charge in [0.25, 0.3) is 0 Å². The summed E-state index contributed by atoms with van der Waals surface area (Å²) in [6, 6.07) is 6.86. The SMILES string of the molecule is CCS(=O)(=O)N1C[C@H]2CN(Cc3ccccc3F)C[C@H]2C1. The third-order valence-corrected chi connectivity index (χ3v) is 6.45. The van der Waals surface area contributed by atoms with Gasteiger partial charge in [0, 0.05) is 38.3 Å². The van der Waals surface area contributed by atoms with Gasteiger partial charge in [0.05, 0.1) is 5.75 Å². The maximum atomic E-state index is 13.7. The molecule has 2 atom stereocenters. The molecule has 0 amide bonds. The fraction of sp³-hybridized carbons (Fsp3) is 0.600. The van der Waals surface area contributed by atoms with Crippen molar-refractivity contribution in [1.29, 1.82) is 0 Å². The average molecular weight is 312 g/mol. The molecular formula is C15H21FN2O2S. The lowest BCUT2D eigenvalue weighted by atomic mass is 10.0. The zero-order chi connectivity index (χ0) is 15.0. The summed E-state index contributed by atoms with van der Waals surface area (Å²) >= 11 is 0. The van der Waals surface area contributed by atoms with Crippen LogP contribution in [0.5, 0.6) is 0 Å². The van der Waals surface area contributed by atoms with Gasteiger partial charge in [0.2, 0.25) is 10.0 Å². The van der Waals surface area contributed by atoms with E-state index in [0.717, 1.165) is 18.7 Å². The minimum Gasteiger partial charge on any atom is -0.298 e. The highest BCUT2D eigenvalue weighted by atomic mass is 32.2. The molecule has 6 heteroatoms. The van der Waals surface area contributed by atoms with Crippen molar-refractivity contribution >= 4 is 10.0 Å². The third-order valence-electron chi connectivity index (χ3n) is 4.64. The van der Waals surface area contributed by atoms with Crippen LogP contribution in [0.1, 0.15) is 12.5 Å². The summed E-state index contributed by atoms with van der Waals surface area (Å²) in [4.78, 5) is 2.24. The molecule has 1 aromatic rings. The van der Waals surface area contributed by atoms with Crippen LogP contribution in [0.15, 0.2) is 24.3 Å². The van der Waals surface area contributed by atoms with Crippen molar-refractivity contribution in [1.82, 2.24) is 9.21 Å². The van der Waals surface area contributed by atoms with E-state index in [1.54, 1.807) is 17.3 Å². The number of rotatable bonds is 4. The van der Waals surface area contributed by atoms with Gasteiger partial charge < -0.3 is 0 Å². The number of hydrogen-bond donors (Lipinski definition) is 0. The standard InChI is InChI=1S/C15H21FN2O2S/c1-2-21(19,20)18-10-13-8-17(9-14(13)11-18)7-12-5-3-4-6-15(12)16/h3-6,13-14H,2,7-11H2,1H3/t13-,14+. The zero-order valence-corrected chi connectivity index (χ0v) is 13.0. The third kappa shape index (κ3) is 2.98. The molecule has 0 radical (unpaired) electrons. The Hall–Kier alpha value is -0.980. The number of halogens is 1. The van der Waals surface area contributed by atoms with Gasteiger partial charge in [-0.25, -0.2) is 17.1 Å². The summed E-state index contributed by atoms with van der Waals surface area (Å²) < 4.78 is 39.1. The molecule has 0 N–H and O–H groups in total. The molecule has 0 saturated carbocycles. The molecule has 0 unspecified atom stereocenters. The van der Waals surface area contributed by atoms with Crippen LogP contribution in [-0.4, -0.2) is 49.6 Å². The second-order valence-corrected chi connectivity index (χ2v) is 8.28. The van der Waals surface area contributed by atoms with Crippen molar-refractivity contribution in [2.45, 2.75) is 13.5 Å². The van der Waals surface area contributed by atoms with E-state index in [0.29, 0.717) is 31.5 Å². The maximum Gasteiger partial charge on any atom is 0.213 e. The number of fused-ring (bicyclic) bond motifs is 1. The first-order valence-electron chi connectivity index (χ1n) is 7.43. The van der Waals surface area contributed by atoms with E-state index in [4.69, 9.17) is 0 Å². The molecule has 21 heavy (non-hydrogen) atoms. The van der Waals surface area contributed by atoms with E-state index >= 15 is 0 Å². The summed E-state index contributed by atoms with van der Waals surface area (Å²) in [7, 11) is -3.07. The Morgan fingerprint density at radius 1 is 1.14 bits per heavy atom. The molecule has 3 rings (SSSR count). The fourth-order valence-electron chi connectivity index (χ4n) is 3.45. The molecule has 2 aliphatic rings. The van der Waals surface area contributed by atoms with Crippen LogP contribution in [0.3, 0.4) is 0 Å². The summed E-state index contributed by atoms with van der Waals surface area (Å²) in [5.41, 5.74) is 0.718. The largest absolute Gasteiger partial charge is 0.298 e. The summed E-state index contributed by atoms with van der Waals surface area (Å²) in [6.45, 7) is 5.25. The lowest BCUT2D eigenvalue weighted by Crippen LogP contribution is -2.34. The molecule has 2 heterocycles. The average Bonchev–Trinajstić information content (AvgIpc) is 3.00. The fourth-order valence-corrected chi connectivity index (χ4v) is 4.66. The highest BCUT2D eigenvalue weighted by molar-refractivity contribution is 7.89. The minimum absolute atomic E-state index is 0.162. The summed E-state index contributed by atoms with van der Waals surface area (Å²) in [5.74, 6) is 0.784. The van der Waals surface area contributed by atoms with Crippen LogP contribution in [0.25, 0.3) is 0 Å². The molecule has 1 aromatic carbocycles. The molecule has 0 spiro atoms. The quantitative estimate of drug-likeness (QED) is 0.847. The second-order valence-electron chi connectivity index (χ2n) is 6.02. The molecular weight excluding hydrogens is 291 g/mol. The number of benzene rings is 1. The Balaban J connectivity index is 1.61. The van der Waals surface area contributed by atoms with Gasteiger partial charge in [0.15, 0.2) is 0 Å². The van der Waals surface area contributed by atoms with Crippen molar-refractivity contribution < 1.29 is 12.8 Å². The second kappa shape index (κ2) is 5.66. The lowest BCUT2D eigenvalue weighted by molar-refractivity contribution is 0.286. The van der Waals surface area contributed by atoms with E-state index in [9.17, 15) is 12.8 Å². The van der Waals surface area contributed by atoms with Crippen molar-refractivity contribution in [3.63, 3.8) is 0 Å². The predicted octanol–water partition coefficient (Wildman–Crippen LogP) is 1.54. The summed E-state index contributed by atoms with van der Waals surface area (Å²) in [6.07, 6.45) is 0. The van der Waals surface area contributed by atoms with Gasteiger partial charge in [-0.3, -0.25) is 4.90 Å². The molecule has 0 aliphatic carbocycles. The zero-order valence-electron chi connectivity index (χ0n) is 12.2. The van der Waals surface area contributed by atoms with E-state index in [1.807, 2.05) is 12.1 Å². The van der Waals surface area contributed by atoms with Gasteiger partial charge in [-0.2, -0.15) is 0 Å². The number of likely N-dealkylation sites (tertiary alicyclic amines) is 1. The number of nitrogens with zero attached hydrogens (tertiary/aromatic N) is 2. The number of hydrogen-bond acceptors (Lipinski definition) is 3. The highest BCUT2D eigenvalue weighted by Gasteiger charge is 2.43. The van der Waals surface area contributed by atoms with Crippen molar-refractivity contribution in [2.75, 3.05) is 31.9 Å². The molecule has 0 bridgehead atoms. The van der Waals surface area contributed by atoms with E-state index < -0.39 is 10.0 Å². The van der Waals surface area contributed by atoms with Gasteiger partial charge in [-0.15, -0.1) is 0 Å². The Kier molecular flexibility index (Phi) is 4.03. The van der Waals surface area contributed by atoms with Crippen molar-refractivity contribution in [3.05, 3.63) is 35.6 Å². The van der Waals surface area contributed by atoms with Gasteiger partial charge in [-0.1, -0.05) is 18.2 Å². The normalized spacial score (nSPS) is 27.1. The molecule has 116 valence electrons. The molecule has 4 nitrogen and oxygen atoms in total. The first-order chi connectivity index (χ1) is 9.99. The van der Waals surface area contributed by atoms with E-state index in [-0.39, 0.29) is 11.6 Å². The first-order valence-corrected chi connectivity index (χ1v) is 9.04. The predicted molar refractivity (Wildman–Crippen MR) is 79.7 cm³/mol. The Labute approximate surface area is 125 Å². The topological polar surface area (TPSA) is 40.6 Å². The van der Waals surface area contributed by atoms with E-state index in [1.165, 1.54) is 6.07 Å². The van der Waals surface area contributed by atoms with Crippen LogP contribution in [0, 0.1) is 17.7 Å². The van der Waals surface area contributed by atoms with Gasteiger partial charge in [-0.05, 0) is 24.8 Å². The molecule has 2 aliphatic heterocycles. The lowest BCUT2D eigenvalue weighted by Gasteiger charge is -2.21. The Morgan fingerprint density at radius 3 is 2.33 bits per heavy atom. The van der Waals surface area contributed by atoms with Crippen molar-refractivity contribution in [3.8, 4) is 0 Å². The van der Waals surface area contributed by atoms with Crippen LogP contribution in [-0.2, 0) is 16.6 Å². The van der Waals surface area contributed by atoms with Crippen LogP contribution in [0.2, 0.25) is 0 Å². The maximum absolute atomic E-state index is 13.7. The number of sulfonamides is 1. The van der Waals surface area contributed by atoms with Gasteiger partial charge >= 0.3 is 0 Å². The Morgan fingerprint density at radius 2 is 1.76 bits per heavy atom. The van der Waals surface area contributed by atoms with Crippen LogP contribution >= 0.6 is 0 Å². The minimum atomic E-state index is -3.07.